The first kappa shape index (κ1) is 8.76. The molecule has 0 N–H and O–H groups in total. The molecule has 1 nitrogen and oxygen atoms in total. The topological polar surface area (TPSA) is 9.23 Å². The normalized spacial score (nSPS) is 28.7. The van der Waals surface area contributed by atoms with Crippen LogP contribution in [0, 0.1) is 0 Å². The van der Waals surface area contributed by atoms with Crippen LogP contribution in [0.3, 0.4) is 0 Å². The molecule has 0 aromatic heterocycles. The smallest absolute Gasteiger partial charge is 0.0828 e. The summed E-state index contributed by atoms with van der Waals surface area (Å²) in [6.45, 7) is 2.16. The van der Waals surface area contributed by atoms with Gasteiger partial charge in [-0.05, 0) is 31.7 Å². The second-order valence-corrected chi connectivity index (χ2v) is 3.78. The molecule has 0 radical (unpaired) electrons. The minimum atomic E-state index is 0.338. The van der Waals surface area contributed by atoms with Gasteiger partial charge in [0.25, 0.3) is 0 Å². The zero-order chi connectivity index (χ0) is 9.10. The molecule has 0 spiro atoms. The van der Waals surface area contributed by atoms with Crippen molar-refractivity contribution in [3.05, 3.63) is 35.9 Å². The minimum Gasteiger partial charge on any atom is -0.371 e. The largest absolute Gasteiger partial charge is 0.371 e. The standard InChI is InChI=1S/C12H16O/c1-10-6-5-9-12(13-10)11-7-3-2-4-8-11/h2-4,7-8,10,12H,5-6,9H2,1H3/t10-,12-/m1/s1. The fourth-order valence-corrected chi connectivity index (χ4v) is 1.92. The molecular formula is C12H16O. The Kier molecular flexibility index (Phi) is 2.65. The quantitative estimate of drug-likeness (QED) is 0.637. The molecule has 0 unspecified atom stereocenters. The predicted octanol–water partition coefficient (Wildman–Crippen LogP) is 3.32. The van der Waals surface area contributed by atoms with Crippen molar-refractivity contribution < 1.29 is 4.74 Å². The van der Waals surface area contributed by atoms with Gasteiger partial charge in [-0.3, -0.25) is 0 Å². The maximum Gasteiger partial charge on any atom is 0.0828 e. The van der Waals surface area contributed by atoms with Gasteiger partial charge in [0.05, 0.1) is 12.2 Å². The van der Waals surface area contributed by atoms with E-state index in [0.717, 1.165) is 0 Å². The summed E-state index contributed by atoms with van der Waals surface area (Å²) in [5.74, 6) is 0. The maximum absolute atomic E-state index is 5.87. The van der Waals surface area contributed by atoms with Gasteiger partial charge < -0.3 is 4.74 Å². The Bertz CT molecular complexity index is 255. The van der Waals surface area contributed by atoms with Gasteiger partial charge in [-0.1, -0.05) is 30.3 Å². The number of hydrogen-bond acceptors (Lipinski definition) is 1. The van der Waals surface area contributed by atoms with E-state index in [1.807, 2.05) is 0 Å². The molecule has 0 bridgehead atoms. The van der Waals surface area contributed by atoms with Crippen molar-refractivity contribution in [1.82, 2.24) is 0 Å². The highest BCUT2D eigenvalue weighted by atomic mass is 16.5. The molecule has 1 aliphatic rings. The lowest BCUT2D eigenvalue weighted by molar-refractivity contribution is -0.0414. The Morgan fingerprint density at radius 1 is 1.15 bits per heavy atom. The van der Waals surface area contributed by atoms with Gasteiger partial charge >= 0.3 is 0 Å². The first-order valence-corrected chi connectivity index (χ1v) is 5.06. The molecule has 13 heavy (non-hydrogen) atoms. The van der Waals surface area contributed by atoms with Crippen LogP contribution < -0.4 is 0 Å². The zero-order valence-electron chi connectivity index (χ0n) is 8.07. The molecule has 1 aliphatic heterocycles. The van der Waals surface area contributed by atoms with Crippen LogP contribution in [0.4, 0.5) is 0 Å². The van der Waals surface area contributed by atoms with Crippen LogP contribution in [0.5, 0.6) is 0 Å². The number of rotatable bonds is 1. The number of ether oxygens (including phenoxy) is 1. The van der Waals surface area contributed by atoms with Crippen molar-refractivity contribution in [1.29, 1.82) is 0 Å². The molecule has 0 aliphatic carbocycles. The summed E-state index contributed by atoms with van der Waals surface area (Å²) in [6, 6.07) is 10.5. The highest BCUT2D eigenvalue weighted by molar-refractivity contribution is 5.17. The van der Waals surface area contributed by atoms with E-state index in [0.29, 0.717) is 12.2 Å². The van der Waals surface area contributed by atoms with E-state index in [1.165, 1.54) is 24.8 Å². The Morgan fingerprint density at radius 2 is 1.92 bits per heavy atom. The number of hydrogen-bond donors (Lipinski definition) is 0. The van der Waals surface area contributed by atoms with Crippen LogP contribution in [0.1, 0.15) is 37.9 Å². The summed E-state index contributed by atoms with van der Waals surface area (Å²) >= 11 is 0. The summed E-state index contributed by atoms with van der Waals surface area (Å²) in [5, 5.41) is 0. The van der Waals surface area contributed by atoms with Crippen molar-refractivity contribution in [2.24, 2.45) is 0 Å². The molecule has 1 aromatic rings. The Hall–Kier alpha value is -0.820. The van der Waals surface area contributed by atoms with E-state index in [2.05, 4.69) is 37.3 Å². The highest BCUT2D eigenvalue weighted by Crippen LogP contribution is 2.30. The molecule has 2 rings (SSSR count). The molecule has 1 heterocycles. The SMILES string of the molecule is C[C@@H]1CCC[C@H](c2ccccc2)O1. The predicted molar refractivity (Wildman–Crippen MR) is 53.6 cm³/mol. The molecule has 2 atom stereocenters. The van der Waals surface area contributed by atoms with Gasteiger partial charge in [0, 0.05) is 0 Å². The van der Waals surface area contributed by atoms with E-state index < -0.39 is 0 Å². The van der Waals surface area contributed by atoms with E-state index in [4.69, 9.17) is 4.74 Å². The summed E-state index contributed by atoms with van der Waals surface area (Å²) < 4.78 is 5.87. The van der Waals surface area contributed by atoms with Crippen molar-refractivity contribution >= 4 is 0 Å². The number of benzene rings is 1. The first-order valence-electron chi connectivity index (χ1n) is 5.06. The van der Waals surface area contributed by atoms with Gasteiger partial charge in [-0.25, -0.2) is 0 Å². The molecule has 1 heteroatoms. The van der Waals surface area contributed by atoms with Gasteiger partial charge in [-0.15, -0.1) is 0 Å². The molecule has 0 saturated carbocycles. The lowest BCUT2D eigenvalue weighted by atomic mass is 9.99. The fraction of sp³-hybridized carbons (Fsp3) is 0.500. The molecule has 0 amide bonds. The third-order valence-electron chi connectivity index (χ3n) is 2.64. The highest BCUT2D eigenvalue weighted by Gasteiger charge is 2.19. The van der Waals surface area contributed by atoms with Gasteiger partial charge in [-0.2, -0.15) is 0 Å². The van der Waals surface area contributed by atoms with Crippen LogP contribution >= 0.6 is 0 Å². The monoisotopic (exact) mass is 176 g/mol. The second kappa shape index (κ2) is 3.93. The van der Waals surface area contributed by atoms with E-state index in [1.54, 1.807) is 0 Å². The zero-order valence-corrected chi connectivity index (χ0v) is 8.07. The average Bonchev–Trinajstić information content (AvgIpc) is 2.19. The van der Waals surface area contributed by atoms with Gasteiger partial charge in [0.1, 0.15) is 0 Å². The molecule has 1 fully saturated rings. The van der Waals surface area contributed by atoms with E-state index in [-0.39, 0.29) is 0 Å². The van der Waals surface area contributed by atoms with Gasteiger partial charge in [0.15, 0.2) is 0 Å². The van der Waals surface area contributed by atoms with Gasteiger partial charge in [0.2, 0.25) is 0 Å². The third kappa shape index (κ3) is 2.10. The molecule has 1 saturated heterocycles. The summed E-state index contributed by atoms with van der Waals surface area (Å²) in [5.41, 5.74) is 1.33. The third-order valence-corrected chi connectivity index (χ3v) is 2.64. The molecule has 70 valence electrons. The Labute approximate surface area is 79.7 Å². The average molecular weight is 176 g/mol. The summed E-state index contributed by atoms with van der Waals surface area (Å²) in [6.07, 6.45) is 4.45. The lowest BCUT2D eigenvalue weighted by Crippen LogP contribution is -2.19. The van der Waals surface area contributed by atoms with Crippen molar-refractivity contribution in [3.63, 3.8) is 0 Å². The van der Waals surface area contributed by atoms with E-state index in [9.17, 15) is 0 Å². The Balaban J connectivity index is 2.08. The van der Waals surface area contributed by atoms with Crippen LogP contribution in [0.25, 0.3) is 0 Å². The maximum atomic E-state index is 5.87. The van der Waals surface area contributed by atoms with Crippen LogP contribution in [0.2, 0.25) is 0 Å². The van der Waals surface area contributed by atoms with Crippen molar-refractivity contribution in [3.8, 4) is 0 Å². The van der Waals surface area contributed by atoms with Crippen molar-refractivity contribution in [2.45, 2.75) is 38.4 Å². The van der Waals surface area contributed by atoms with Crippen molar-refractivity contribution in [2.75, 3.05) is 0 Å². The van der Waals surface area contributed by atoms with Crippen LogP contribution in [0.15, 0.2) is 30.3 Å². The van der Waals surface area contributed by atoms with Crippen LogP contribution in [-0.4, -0.2) is 6.10 Å². The van der Waals surface area contributed by atoms with E-state index >= 15 is 0 Å². The molecular weight excluding hydrogens is 160 g/mol. The lowest BCUT2D eigenvalue weighted by Gasteiger charge is -2.28. The first-order chi connectivity index (χ1) is 6.36. The molecule has 1 aromatic carbocycles. The second-order valence-electron chi connectivity index (χ2n) is 3.78. The summed E-state index contributed by atoms with van der Waals surface area (Å²) in [4.78, 5) is 0. The Morgan fingerprint density at radius 3 is 2.62 bits per heavy atom. The van der Waals surface area contributed by atoms with Crippen LogP contribution in [-0.2, 0) is 4.74 Å². The fourth-order valence-electron chi connectivity index (χ4n) is 1.92. The summed E-state index contributed by atoms with van der Waals surface area (Å²) in [7, 11) is 0. The minimum absolute atomic E-state index is 0.338.